The third-order valence-electron chi connectivity index (χ3n) is 5.76. The van der Waals surface area contributed by atoms with Crippen LogP contribution in [0.2, 0.25) is 0 Å². The highest BCUT2D eigenvalue weighted by Gasteiger charge is 2.41. The zero-order chi connectivity index (χ0) is 23.6. The number of aliphatic hydroxyl groups is 1. The first kappa shape index (κ1) is 22.5. The highest BCUT2D eigenvalue weighted by molar-refractivity contribution is 7.90. The van der Waals surface area contributed by atoms with Crippen molar-refractivity contribution < 1.29 is 26.7 Å². The van der Waals surface area contributed by atoms with Crippen molar-refractivity contribution in [3.05, 3.63) is 47.4 Å². The Morgan fingerprint density at radius 3 is 2.44 bits per heavy atom. The van der Waals surface area contributed by atoms with Gasteiger partial charge >= 0.3 is 6.18 Å². The van der Waals surface area contributed by atoms with Gasteiger partial charge in [0.25, 0.3) is 0 Å². The molecule has 11 heteroatoms. The van der Waals surface area contributed by atoms with Gasteiger partial charge in [-0.15, -0.1) is 0 Å². The van der Waals surface area contributed by atoms with Gasteiger partial charge in [0.1, 0.15) is 0 Å². The van der Waals surface area contributed by atoms with E-state index in [0.29, 0.717) is 13.1 Å². The van der Waals surface area contributed by atoms with Crippen molar-refractivity contribution in [1.29, 1.82) is 0 Å². The molecule has 1 aliphatic heterocycles. The van der Waals surface area contributed by atoms with Gasteiger partial charge in [0, 0.05) is 47.7 Å². The fourth-order valence-electron chi connectivity index (χ4n) is 4.09. The van der Waals surface area contributed by atoms with Crippen LogP contribution in [0.4, 0.5) is 19.1 Å². The SMILES string of the molecule is CC1c2cc3ccc(S(C)(=O)=O)cc3n2CCN1c1ncc(C(C)(C)O)c(C(F)(F)F)n1. The Bertz CT molecular complexity index is 1310. The number of hydrogen-bond donors (Lipinski definition) is 1. The van der Waals surface area contributed by atoms with E-state index in [1.807, 2.05) is 17.6 Å². The normalized spacial score (nSPS) is 17.6. The molecular formula is C21H23F3N4O3S. The molecule has 1 aliphatic rings. The van der Waals surface area contributed by atoms with Gasteiger partial charge in [0.05, 0.1) is 16.5 Å². The Morgan fingerprint density at radius 2 is 1.84 bits per heavy atom. The summed E-state index contributed by atoms with van der Waals surface area (Å²) in [5.41, 5.74) is -1.73. The molecular weight excluding hydrogens is 445 g/mol. The number of aromatic nitrogens is 3. The lowest BCUT2D eigenvalue weighted by atomic mass is 9.98. The Kier molecular flexibility index (Phi) is 5.05. The first-order valence-corrected chi connectivity index (χ1v) is 11.8. The van der Waals surface area contributed by atoms with Crippen LogP contribution in [0.3, 0.4) is 0 Å². The van der Waals surface area contributed by atoms with E-state index in [4.69, 9.17) is 0 Å². The molecule has 7 nitrogen and oxygen atoms in total. The quantitative estimate of drug-likeness (QED) is 0.631. The second-order valence-corrected chi connectivity index (χ2v) is 10.6. The van der Waals surface area contributed by atoms with E-state index in [1.54, 1.807) is 23.1 Å². The summed E-state index contributed by atoms with van der Waals surface area (Å²) in [6, 6.07) is 6.43. The van der Waals surface area contributed by atoms with E-state index in [-0.39, 0.29) is 22.4 Å². The van der Waals surface area contributed by atoms with Crippen LogP contribution in [0.25, 0.3) is 10.9 Å². The minimum atomic E-state index is -4.75. The molecule has 172 valence electrons. The smallest absolute Gasteiger partial charge is 0.386 e. The highest BCUT2D eigenvalue weighted by Crippen LogP contribution is 2.38. The highest BCUT2D eigenvalue weighted by atomic mass is 32.2. The van der Waals surface area contributed by atoms with Crippen molar-refractivity contribution in [2.24, 2.45) is 0 Å². The fourth-order valence-corrected chi connectivity index (χ4v) is 4.73. The Hall–Kier alpha value is -2.66. The van der Waals surface area contributed by atoms with E-state index in [0.717, 1.165) is 29.0 Å². The van der Waals surface area contributed by atoms with Gasteiger partial charge in [-0.05, 0) is 39.0 Å². The molecule has 1 unspecified atom stereocenters. The van der Waals surface area contributed by atoms with Crippen molar-refractivity contribution >= 4 is 26.7 Å². The number of anilines is 1. The first-order valence-electron chi connectivity index (χ1n) is 9.95. The molecule has 0 saturated carbocycles. The third kappa shape index (κ3) is 3.83. The number of halogens is 3. The molecule has 0 spiro atoms. The van der Waals surface area contributed by atoms with Crippen LogP contribution in [-0.2, 0) is 28.2 Å². The Morgan fingerprint density at radius 1 is 1.16 bits per heavy atom. The molecule has 1 atom stereocenters. The first-order chi connectivity index (χ1) is 14.7. The van der Waals surface area contributed by atoms with E-state index in [9.17, 15) is 26.7 Å². The molecule has 0 saturated heterocycles. The maximum Gasteiger partial charge on any atom is 0.433 e. The number of hydrogen-bond acceptors (Lipinski definition) is 6. The fraction of sp³-hybridized carbons (Fsp3) is 0.429. The number of benzene rings is 1. The molecule has 0 fully saturated rings. The van der Waals surface area contributed by atoms with Gasteiger partial charge < -0.3 is 14.6 Å². The average Bonchev–Trinajstić information content (AvgIpc) is 3.05. The largest absolute Gasteiger partial charge is 0.433 e. The summed E-state index contributed by atoms with van der Waals surface area (Å²) in [6.07, 6.45) is -2.57. The van der Waals surface area contributed by atoms with Crippen LogP contribution >= 0.6 is 0 Å². The average molecular weight is 469 g/mol. The van der Waals surface area contributed by atoms with Crippen molar-refractivity contribution in [1.82, 2.24) is 14.5 Å². The van der Waals surface area contributed by atoms with Gasteiger partial charge in [0.2, 0.25) is 5.95 Å². The molecule has 0 bridgehead atoms. The number of fused-ring (bicyclic) bond motifs is 3. The van der Waals surface area contributed by atoms with E-state index >= 15 is 0 Å². The molecule has 0 aliphatic carbocycles. The lowest BCUT2D eigenvalue weighted by Gasteiger charge is -2.35. The van der Waals surface area contributed by atoms with E-state index in [2.05, 4.69) is 9.97 Å². The van der Waals surface area contributed by atoms with Crippen LogP contribution in [0, 0.1) is 0 Å². The third-order valence-corrected chi connectivity index (χ3v) is 6.87. The van der Waals surface area contributed by atoms with Gasteiger partial charge in [-0.2, -0.15) is 13.2 Å². The molecule has 1 aromatic carbocycles. The molecule has 32 heavy (non-hydrogen) atoms. The van der Waals surface area contributed by atoms with Crippen LogP contribution in [0.1, 0.15) is 43.8 Å². The summed E-state index contributed by atoms with van der Waals surface area (Å²) in [5.74, 6) is -0.0776. The molecule has 2 aromatic heterocycles. The van der Waals surface area contributed by atoms with Gasteiger partial charge in [0.15, 0.2) is 15.5 Å². The van der Waals surface area contributed by atoms with Gasteiger partial charge in [-0.1, -0.05) is 6.07 Å². The molecule has 3 aromatic rings. The van der Waals surface area contributed by atoms with E-state index < -0.39 is 27.3 Å². The minimum Gasteiger partial charge on any atom is -0.386 e. The molecule has 1 N–H and O–H groups in total. The van der Waals surface area contributed by atoms with Crippen molar-refractivity contribution in [3.8, 4) is 0 Å². The summed E-state index contributed by atoms with van der Waals surface area (Å²) >= 11 is 0. The summed E-state index contributed by atoms with van der Waals surface area (Å²) in [4.78, 5) is 9.82. The van der Waals surface area contributed by atoms with Crippen molar-refractivity contribution in [2.45, 2.75) is 50.0 Å². The lowest BCUT2D eigenvalue weighted by Crippen LogP contribution is -2.38. The number of rotatable bonds is 3. The molecule has 0 radical (unpaired) electrons. The predicted octanol–water partition coefficient (Wildman–Crippen LogP) is 3.66. The van der Waals surface area contributed by atoms with Gasteiger partial charge in [-0.25, -0.2) is 18.4 Å². The number of alkyl halides is 3. The number of nitrogens with zero attached hydrogens (tertiary/aromatic N) is 4. The molecule has 0 amide bonds. The maximum absolute atomic E-state index is 13.7. The minimum absolute atomic E-state index is 0.0776. The van der Waals surface area contributed by atoms with Crippen molar-refractivity contribution in [3.63, 3.8) is 0 Å². The zero-order valence-corrected chi connectivity index (χ0v) is 18.8. The van der Waals surface area contributed by atoms with Gasteiger partial charge in [-0.3, -0.25) is 0 Å². The summed E-state index contributed by atoms with van der Waals surface area (Å²) in [5, 5.41) is 11.0. The van der Waals surface area contributed by atoms with Crippen LogP contribution in [0.5, 0.6) is 0 Å². The van der Waals surface area contributed by atoms with Crippen LogP contribution < -0.4 is 4.90 Å². The standard InChI is InChI=1S/C21H23F3N4O3S/c1-12-16-9-13-5-6-14(32(4,30)31)10-17(13)28(16)8-7-27(12)19-25-11-15(20(2,3)29)18(26-19)21(22,23)24/h5-6,9-12,29H,7-8H2,1-4H3. The summed E-state index contributed by atoms with van der Waals surface area (Å²) in [6.45, 7) is 5.11. The topological polar surface area (TPSA) is 88.3 Å². The van der Waals surface area contributed by atoms with Crippen LogP contribution in [0.15, 0.2) is 35.4 Å². The molecule has 3 heterocycles. The lowest BCUT2D eigenvalue weighted by molar-refractivity contribution is -0.144. The zero-order valence-electron chi connectivity index (χ0n) is 18.0. The second-order valence-electron chi connectivity index (χ2n) is 8.57. The van der Waals surface area contributed by atoms with Crippen LogP contribution in [-0.4, -0.2) is 40.9 Å². The monoisotopic (exact) mass is 468 g/mol. The molecule has 4 rings (SSSR count). The second kappa shape index (κ2) is 7.17. The number of sulfone groups is 1. The summed E-state index contributed by atoms with van der Waals surface area (Å²) < 4.78 is 66.8. The predicted molar refractivity (Wildman–Crippen MR) is 113 cm³/mol. The Balaban J connectivity index is 1.78. The summed E-state index contributed by atoms with van der Waals surface area (Å²) in [7, 11) is -3.37. The van der Waals surface area contributed by atoms with E-state index in [1.165, 1.54) is 13.8 Å². The van der Waals surface area contributed by atoms with Crippen molar-refractivity contribution in [2.75, 3.05) is 17.7 Å². The Labute approximate surface area is 183 Å². The maximum atomic E-state index is 13.7.